The highest BCUT2D eigenvalue weighted by Crippen LogP contribution is 2.44. The third-order valence-electron chi connectivity index (χ3n) is 6.72. The molecule has 0 spiro atoms. The van der Waals surface area contributed by atoms with Crippen molar-refractivity contribution in [2.45, 2.75) is 18.6 Å². The molecule has 4 aromatic carbocycles. The summed E-state index contributed by atoms with van der Waals surface area (Å²) in [5.74, 6) is 0.222. The maximum absolute atomic E-state index is 13.8. The molecule has 4 aromatic rings. The predicted octanol–water partition coefficient (Wildman–Crippen LogP) is 7.77. The van der Waals surface area contributed by atoms with Crippen molar-refractivity contribution in [2.75, 3.05) is 12.4 Å². The molecular weight excluding hydrogens is 526 g/mol. The smallest absolute Gasteiger partial charge is 0.254 e. The molecule has 0 aliphatic carbocycles. The number of ether oxygens (including phenoxy) is 1. The molecule has 0 unspecified atom stereocenters. The summed E-state index contributed by atoms with van der Waals surface area (Å²) >= 11 is 8.20. The number of hydrogen-bond donors (Lipinski definition) is 2. The zero-order valence-electron chi connectivity index (χ0n) is 21.5. The van der Waals surface area contributed by atoms with E-state index >= 15 is 0 Å². The quantitative estimate of drug-likeness (QED) is 0.245. The lowest BCUT2D eigenvalue weighted by Crippen LogP contribution is -2.31. The molecule has 2 N–H and O–H groups in total. The second-order valence-corrected chi connectivity index (χ2v) is 10.4. The van der Waals surface area contributed by atoms with Crippen molar-refractivity contribution in [1.29, 1.82) is 5.26 Å². The van der Waals surface area contributed by atoms with Gasteiger partial charge in [-0.1, -0.05) is 84.4 Å². The maximum Gasteiger partial charge on any atom is 0.254 e. The number of nitrogens with one attached hydrogen (secondary N) is 2. The van der Waals surface area contributed by atoms with E-state index in [0.29, 0.717) is 49.6 Å². The second kappa shape index (κ2) is 11.7. The number of fused-ring (bicyclic) bond motifs is 1. The van der Waals surface area contributed by atoms with Gasteiger partial charge in [-0.15, -0.1) is 11.8 Å². The summed E-state index contributed by atoms with van der Waals surface area (Å²) in [6.07, 6.45) is 0. The molecule has 1 heterocycles. The average Bonchev–Trinajstić information content (AvgIpc) is 2.96. The van der Waals surface area contributed by atoms with Crippen LogP contribution in [0.15, 0.2) is 113 Å². The number of allylic oxidation sites excluding steroid dienone is 2. The van der Waals surface area contributed by atoms with Crippen LogP contribution in [0.4, 0.5) is 5.69 Å². The summed E-state index contributed by atoms with van der Waals surface area (Å²) in [7, 11) is 1.56. The van der Waals surface area contributed by atoms with Crippen LogP contribution in [0, 0.1) is 11.3 Å². The maximum atomic E-state index is 13.8. The van der Waals surface area contributed by atoms with Crippen molar-refractivity contribution in [2.24, 2.45) is 0 Å². The molecule has 0 saturated heterocycles. The lowest BCUT2D eigenvalue weighted by molar-refractivity contribution is -0.113. The van der Waals surface area contributed by atoms with E-state index in [1.807, 2.05) is 55.5 Å². The van der Waals surface area contributed by atoms with E-state index in [1.165, 1.54) is 16.3 Å². The Labute approximate surface area is 237 Å². The number of nitriles is 1. The van der Waals surface area contributed by atoms with Crippen LogP contribution in [-0.2, 0) is 10.5 Å². The van der Waals surface area contributed by atoms with Gasteiger partial charge in [0.15, 0.2) is 0 Å². The number of thioether (sulfide) groups is 1. The molecule has 5 rings (SSSR count). The number of dihydropyridines is 1. The highest BCUT2D eigenvalue weighted by atomic mass is 35.5. The molecule has 5 nitrogen and oxygen atoms in total. The van der Waals surface area contributed by atoms with E-state index in [9.17, 15) is 10.1 Å². The summed E-state index contributed by atoms with van der Waals surface area (Å²) in [5.41, 5.74) is 3.95. The van der Waals surface area contributed by atoms with Gasteiger partial charge < -0.3 is 15.4 Å². The Bertz CT molecular complexity index is 1670. The van der Waals surface area contributed by atoms with Gasteiger partial charge in [0.05, 0.1) is 35.4 Å². The van der Waals surface area contributed by atoms with Gasteiger partial charge in [0.25, 0.3) is 5.91 Å². The first-order chi connectivity index (χ1) is 19.0. The van der Waals surface area contributed by atoms with Gasteiger partial charge in [-0.2, -0.15) is 5.26 Å². The van der Waals surface area contributed by atoms with Crippen LogP contribution in [-0.4, -0.2) is 13.0 Å². The number of carbonyl (C=O) groups is 1. The number of para-hydroxylation sites is 2. The van der Waals surface area contributed by atoms with Crippen LogP contribution < -0.4 is 15.4 Å². The third-order valence-corrected chi connectivity index (χ3v) is 8.13. The first-order valence-electron chi connectivity index (χ1n) is 12.4. The molecule has 1 atom stereocenters. The molecule has 39 heavy (non-hydrogen) atoms. The Hall–Kier alpha value is -4.18. The number of halogens is 1. The van der Waals surface area contributed by atoms with E-state index < -0.39 is 5.92 Å². The Morgan fingerprint density at radius 1 is 1.03 bits per heavy atom. The van der Waals surface area contributed by atoms with Gasteiger partial charge in [0.1, 0.15) is 5.75 Å². The Morgan fingerprint density at radius 3 is 2.54 bits per heavy atom. The van der Waals surface area contributed by atoms with Crippen molar-refractivity contribution in [1.82, 2.24) is 5.32 Å². The summed E-state index contributed by atoms with van der Waals surface area (Å²) in [5, 5.41) is 20.3. The molecule has 0 bridgehead atoms. The Balaban J connectivity index is 1.54. The van der Waals surface area contributed by atoms with Gasteiger partial charge in [0.2, 0.25) is 0 Å². The molecule has 0 radical (unpaired) electrons. The van der Waals surface area contributed by atoms with Crippen LogP contribution in [0.2, 0.25) is 5.02 Å². The van der Waals surface area contributed by atoms with Gasteiger partial charge in [-0.25, -0.2) is 0 Å². The monoisotopic (exact) mass is 551 g/mol. The van der Waals surface area contributed by atoms with Crippen LogP contribution in [0.5, 0.6) is 5.75 Å². The van der Waals surface area contributed by atoms with Gasteiger partial charge >= 0.3 is 0 Å². The fourth-order valence-electron chi connectivity index (χ4n) is 4.85. The molecule has 1 amide bonds. The number of carbonyl (C=O) groups excluding carboxylic acids is 1. The van der Waals surface area contributed by atoms with E-state index in [2.05, 4.69) is 41.0 Å². The van der Waals surface area contributed by atoms with Crippen molar-refractivity contribution in [3.05, 3.63) is 129 Å². The average molecular weight is 552 g/mol. The van der Waals surface area contributed by atoms with Crippen molar-refractivity contribution in [3.63, 3.8) is 0 Å². The molecule has 1 aliphatic heterocycles. The van der Waals surface area contributed by atoms with Crippen molar-refractivity contribution in [3.8, 4) is 11.8 Å². The third kappa shape index (κ3) is 5.37. The number of hydrogen-bond acceptors (Lipinski definition) is 5. The lowest BCUT2D eigenvalue weighted by Gasteiger charge is -2.30. The molecule has 0 saturated carbocycles. The van der Waals surface area contributed by atoms with Crippen LogP contribution in [0.1, 0.15) is 24.0 Å². The molecule has 0 fully saturated rings. The van der Waals surface area contributed by atoms with E-state index in [-0.39, 0.29) is 5.91 Å². The van der Waals surface area contributed by atoms with Gasteiger partial charge in [-0.3, -0.25) is 4.79 Å². The zero-order valence-corrected chi connectivity index (χ0v) is 23.1. The number of anilines is 1. The highest BCUT2D eigenvalue weighted by Gasteiger charge is 2.36. The standard InChI is InChI=1S/C32H26ClN3O2S/c1-20-29(31(37)36-27-16-7-8-17-28(27)38-2)30(24-14-5-6-15-26(24)33)25(18-34)32(35-20)39-19-22-12-9-11-21-10-3-4-13-23(21)22/h3-17,30,35H,19H2,1-2H3,(H,36,37)/t30-/m0/s1. The SMILES string of the molecule is COc1ccccc1NC(=O)C1=C(C)NC(SCc2cccc3ccccc23)=C(C#N)[C@@H]1c1ccccc1Cl. The van der Waals surface area contributed by atoms with E-state index in [0.717, 1.165) is 0 Å². The number of amides is 1. The molecule has 7 heteroatoms. The fraction of sp³-hybridized carbons (Fsp3) is 0.125. The van der Waals surface area contributed by atoms with Crippen LogP contribution in [0.25, 0.3) is 10.8 Å². The molecule has 1 aliphatic rings. The normalized spacial score (nSPS) is 15.1. The van der Waals surface area contributed by atoms with Gasteiger partial charge in [0, 0.05) is 22.0 Å². The van der Waals surface area contributed by atoms with E-state index in [1.54, 1.807) is 37.1 Å². The predicted molar refractivity (Wildman–Crippen MR) is 160 cm³/mol. The van der Waals surface area contributed by atoms with Crippen LogP contribution in [0.3, 0.4) is 0 Å². The molecule has 0 aromatic heterocycles. The number of nitrogens with zero attached hydrogens (tertiary/aromatic N) is 1. The zero-order chi connectivity index (χ0) is 27.4. The number of benzene rings is 4. The van der Waals surface area contributed by atoms with Crippen molar-refractivity contribution >= 4 is 45.7 Å². The minimum absolute atomic E-state index is 0.333. The Morgan fingerprint density at radius 2 is 1.74 bits per heavy atom. The number of rotatable bonds is 7. The molecule has 194 valence electrons. The Kier molecular flexibility index (Phi) is 7.92. The summed E-state index contributed by atoms with van der Waals surface area (Å²) in [4.78, 5) is 13.8. The fourth-order valence-corrected chi connectivity index (χ4v) is 6.19. The van der Waals surface area contributed by atoms with Crippen LogP contribution >= 0.6 is 23.4 Å². The highest BCUT2D eigenvalue weighted by molar-refractivity contribution is 8.02. The molecular formula is C32H26ClN3O2S. The van der Waals surface area contributed by atoms with Gasteiger partial charge in [-0.05, 0) is 47.0 Å². The second-order valence-electron chi connectivity index (χ2n) is 9.05. The summed E-state index contributed by atoms with van der Waals surface area (Å²) < 4.78 is 5.42. The number of methoxy groups -OCH3 is 1. The largest absolute Gasteiger partial charge is 0.495 e. The minimum atomic E-state index is -0.644. The minimum Gasteiger partial charge on any atom is -0.495 e. The topological polar surface area (TPSA) is 74.2 Å². The first kappa shape index (κ1) is 26.4. The summed E-state index contributed by atoms with van der Waals surface area (Å²) in [6.45, 7) is 1.85. The lowest BCUT2D eigenvalue weighted by atomic mass is 9.82. The van der Waals surface area contributed by atoms with E-state index in [4.69, 9.17) is 16.3 Å². The van der Waals surface area contributed by atoms with Crippen molar-refractivity contribution < 1.29 is 9.53 Å². The first-order valence-corrected chi connectivity index (χ1v) is 13.8. The summed E-state index contributed by atoms with van der Waals surface area (Å²) in [6, 6.07) is 31.5.